The van der Waals surface area contributed by atoms with Gasteiger partial charge < -0.3 is 9.15 Å². The number of piperidine rings is 1. The van der Waals surface area contributed by atoms with Crippen LogP contribution >= 0.6 is 0 Å². The topological polar surface area (TPSA) is 98.8 Å². The predicted molar refractivity (Wildman–Crippen MR) is 115 cm³/mol. The van der Waals surface area contributed by atoms with E-state index in [1.54, 1.807) is 12.1 Å². The summed E-state index contributed by atoms with van der Waals surface area (Å²) >= 11 is 0. The molecule has 31 heavy (non-hydrogen) atoms. The number of ketones is 1. The van der Waals surface area contributed by atoms with Crippen LogP contribution in [-0.4, -0.2) is 43.3 Å². The third-order valence-electron chi connectivity index (χ3n) is 5.55. The van der Waals surface area contributed by atoms with Crippen molar-refractivity contribution in [3.05, 3.63) is 58.1 Å². The molecule has 0 unspecified atom stereocenters. The first kappa shape index (κ1) is 21.3. The fraction of sp³-hybridized carbons (Fsp3) is 0.364. The molecule has 0 radical (unpaired) electrons. The van der Waals surface area contributed by atoms with Gasteiger partial charge in [0.2, 0.25) is 10.0 Å². The van der Waals surface area contributed by atoms with Gasteiger partial charge >= 0.3 is 5.76 Å². The Morgan fingerprint density at radius 3 is 2.55 bits per heavy atom. The van der Waals surface area contributed by atoms with E-state index in [-0.39, 0.29) is 22.8 Å². The van der Waals surface area contributed by atoms with Crippen molar-refractivity contribution in [2.75, 3.05) is 20.2 Å². The van der Waals surface area contributed by atoms with Crippen molar-refractivity contribution >= 4 is 26.9 Å². The monoisotopic (exact) mass is 444 g/mol. The number of aromatic nitrogens is 1. The van der Waals surface area contributed by atoms with Gasteiger partial charge in [0, 0.05) is 19.2 Å². The highest BCUT2D eigenvalue weighted by Crippen LogP contribution is 2.25. The van der Waals surface area contributed by atoms with Crippen LogP contribution in [0.4, 0.5) is 0 Å². The summed E-state index contributed by atoms with van der Waals surface area (Å²) in [4.78, 5) is 25.4. The molecule has 1 saturated heterocycles. The molecule has 1 aliphatic heterocycles. The molecule has 0 spiro atoms. The number of aryl methyl sites for hydroxylation is 1. The molecule has 0 N–H and O–H groups in total. The highest BCUT2D eigenvalue weighted by atomic mass is 32.2. The minimum atomic E-state index is -3.66. The lowest BCUT2D eigenvalue weighted by atomic mass is 10.1. The smallest absolute Gasteiger partial charge is 0.420 e. The zero-order valence-corrected chi connectivity index (χ0v) is 18.3. The Morgan fingerprint density at radius 1 is 1.10 bits per heavy atom. The molecule has 1 fully saturated rings. The number of rotatable bonds is 6. The maximum atomic E-state index is 12.9. The summed E-state index contributed by atoms with van der Waals surface area (Å²) in [5.41, 5.74) is 1.75. The number of fused-ring (bicyclic) bond motifs is 1. The maximum Gasteiger partial charge on any atom is 0.420 e. The summed E-state index contributed by atoms with van der Waals surface area (Å²) in [5, 5.41) is 0. The van der Waals surface area contributed by atoms with Gasteiger partial charge in [-0.3, -0.25) is 9.36 Å². The van der Waals surface area contributed by atoms with Gasteiger partial charge in [-0.2, -0.15) is 4.31 Å². The summed E-state index contributed by atoms with van der Waals surface area (Å²) in [6.07, 6.45) is 2.68. The number of sulfonamides is 1. The zero-order chi connectivity index (χ0) is 22.2. The Balaban J connectivity index is 1.68. The number of benzene rings is 2. The van der Waals surface area contributed by atoms with Gasteiger partial charge in [0.05, 0.1) is 29.6 Å². The molecular weight excluding hydrogens is 420 g/mol. The molecule has 1 aromatic heterocycles. The Kier molecular flexibility index (Phi) is 5.72. The first-order valence-corrected chi connectivity index (χ1v) is 11.6. The van der Waals surface area contributed by atoms with Crippen molar-refractivity contribution in [2.24, 2.45) is 0 Å². The number of ether oxygens (including phenoxy) is 1. The molecule has 164 valence electrons. The van der Waals surface area contributed by atoms with Crippen molar-refractivity contribution in [1.29, 1.82) is 0 Å². The quantitative estimate of drug-likeness (QED) is 0.542. The number of carbonyl (C=O) groups excluding carboxylic acids is 1. The van der Waals surface area contributed by atoms with Crippen molar-refractivity contribution in [3.8, 4) is 5.75 Å². The molecule has 0 saturated carbocycles. The van der Waals surface area contributed by atoms with Crippen LogP contribution in [-0.2, 0) is 16.6 Å². The Morgan fingerprint density at radius 2 is 1.84 bits per heavy atom. The van der Waals surface area contributed by atoms with Crippen molar-refractivity contribution in [2.45, 2.75) is 37.6 Å². The second-order valence-corrected chi connectivity index (χ2v) is 9.61. The fourth-order valence-corrected chi connectivity index (χ4v) is 5.41. The second kappa shape index (κ2) is 8.32. The normalized spacial score (nSPS) is 15.3. The second-order valence-electron chi connectivity index (χ2n) is 7.68. The highest BCUT2D eigenvalue weighted by Gasteiger charge is 2.27. The Hall–Kier alpha value is -2.91. The van der Waals surface area contributed by atoms with Gasteiger partial charge in [-0.05, 0) is 44.0 Å². The molecule has 0 amide bonds. The minimum Gasteiger partial charge on any atom is -0.496 e. The highest BCUT2D eigenvalue weighted by molar-refractivity contribution is 7.89. The first-order chi connectivity index (χ1) is 14.8. The molecule has 1 aliphatic rings. The summed E-state index contributed by atoms with van der Waals surface area (Å²) < 4.78 is 39.0. The SMILES string of the molecule is COc1ccc(C)cc1C(=O)Cn1c(=O)oc2cc(S(=O)(=O)N3CCCCC3)ccc21. The van der Waals surface area contributed by atoms with E-state index in [0.717, 1.165) is 24.8 Å². The largest absolute Gasteiger partial charge is 0.496 e. The van der Waals surface area contributed by atoms with Crippen LogP contribution < -0.4 is 10.5 Å². The lowest BCUT2D eigenvalue weighted by Gasteiger charge is -2.25. The van der Waals surface area contributed by atoms with Crippen LogP contribution in [0.25, 0.3) is 11.1 Å². The molecule has 4 rings (SSSR count). The predicted octanol–water partition coefficient (Wildman–Crippen LogP) is 2.97. The first-order valence-electron chi connectivity index (χ1n) is 10.1. The number of methoxy groups -OCH3 is 1. The summed E-state index contributed by atoms with van der Waals surface area (Å²) in [7, 11) is -2.18. The van der Waals surface area contributed by atoms with Crippen molar-refractivity contribution in [1.82, 2.24) is 8.87 Å². The number of hydrogen-bond acceptors (Lipinski definition) is 6. The van der Waals surface area contributed by atoms with E-state index in [9.17, 15) is 18.0 Å². The van der Waals surface area contributed by atoms with E-state index in [1.807, 2.05) is 13.0 Å². The number of carbonyl (C=O) groups is 1. The van der Waals surface area contributed by atoms with Crippen LogP contribution in [0, 0.1) is 6.92 Å². The molecule has 0 bridgehead atoms. The lowest BCUT2D eigenvalue weighted by molar-refractivity contribution is 0.0967. The Bertz CT molecular complexity index is 1300. The van der Waals surface area contributed by atoms with Gasteiger partial charge in [-0.25, -0.2) is 13.2 Å². The molecule has 0 atom stereocenters. The summed E-state index contributed by atoms with van der Waals surface area (Å²) in [5.74, 6) is -0.607. The van der Waals surface area contributed by atoms with Crippen LogP contribution in [0.3, 0.4) is 0 Å². The average Bonchev–Trinajstić information content (AvgIpc) is 3.08. The average molecular weight is 445 g/mol. The maximum absolute atomic E-state index is 12.9. The summed E-state index contributed by atoms with van der Waals surface area (Å²) in [6.45, 7) is 2.58. The Labute approximate surface area is 180 Å². The third kappa shape index (κ3) is 4.03. The van der Waals surface area contributed by atoms with E-state index in [0.29, 0.717) is 29.9 Å². The van der Waals surface area contributed by atoms with E-state index in [1.165, 1.54) is 34.2 Å². The number of Topliss-reactive ketones (excluding diaryl/α,β-unsaturated/α-hetero) is 1. The van der Waals surface area contributed by atoms with Gasteiger partial charge in [-0.1, -0.05) is 18.1 Å². The fourth-order valence-electron chi connectivity index (χ4n) is 3.88. The standard InChI is InChI=1S/C22H24N2O6S/c1-15-6-9-20(29-2)17(12-15)19(25)14-24-18-8-7-16(13-21(18)30-22(24)26)31(27,28)23-10-4-3-5-11-23/h6-9,12-13H,3-5,10-11,14H2,1-2H3. The van der Waals surface area contributed by atoms with Gasteiger partial charge in [-0.15, -0.1) is 0 Å². The molecule has 0 aliphatic carbocycles. The van der Waals surface area contributed by atoms with Crippen LogP contribution in [0.2, 0.25) is 0 Å². The molecule has 2 heterocycles. The van der Waals surface area contributed by atoms with Crippen molar-refractivity contribution in [3.63, 3.8) is 0 Å². The zero-order valence-electron chi connectivity index (χ0n) is 17.5. The minimum absolute atomic E-state index is 0.0782. The molecule has 8 nitrogen and oxygen atoms in total. The number of nitrogens with zero attached hydrogens (tertiary/aromatic N) is 2. The van der Waals surface area contributed by atoms with Gasteiger partial charge in [0.25, 0.3) is 0 Å². The molecule has 3 aromatic rings. The van der Waals surface area contributed by atoms with Gasteiger partial charge in [0.1, 0.15) is 5.75 Å². The van der Waals surface area contributed by atoms with E-state index >= 15 is 0 Å². The van der Waals surface area contributed by atoms with E-state index in [2.05, 4.69) is 0 Å². The number of oxazole rings is 1. The lowest BCUT2D eigenvalue weighted by Crippen LogP contribution is -2.35. The van der Waals surface area contributed by atoms with E-state index < -0.39 is 15.8 Å². The van der Waals surface area contributed by atoms with Crippen molar-refractivity contribution < 1.29 is 22.4 Å². The van der Waals surface area contributed by atoms with Crippen LogP contribution in [0.5, 0.6) is 5.75 Å². The third-order valence-corrected chi connectivity index (χ3v) is 7.44. The molecular formula is C22H24N2O6S. The molecule has 2 aromatic carbocycles. The number of hydrogen-bond donors (Lipinski definition) is 0. The van der Waals surface area contributed by atoms with Crippen LogP contribution in [0.15, 0.2) is 50.5 Å². The van der Waals surface area contributed by atoms with E-state index in [4.69, 9.17) is 9.15 Å². The molecule has 9 heteroatoms. The van der Waals surface area contributed by atoms with Gasteiger partial charge in [0.15, 0.2) is 11.4 Å². The summed E-state index contributed by atoms with van der Waals surface area (Å²) in [6, 6.07) is 9.57. The van der Waals surface area contributed by atoms with Crippen LogP contribution in [0.1, 0.15) is 35.2 Å².